The zero-order valence-corrected chi connectivity index (χ0v) is 8.89. The molecule has 2 nitrogen and oxygen atoms in total. The third-order valence-corrected chi connectivity index (χ3v) is 3.18. The molecule has 0 fully saturated rings. The van der Waals surface area contributed by atoms with E-state index < -0.39 is 0 Å². The van der Waals surface area contributed by atoms with Crippen molar-refractivity contribution in [2.75, 3.05) is 13.2 Å². The van der Waals surface area contributed by atoms with E-state index in [4.69, 9.17) is 4.74 Å². The monoisotopic (exact) mass is 195 g/mol. The lowest BCUT2D eigenvalue weighted by molar-refractivity contribution is 0.290. The molecule has 0 saturated heterocycles. The number of fused-ring (bicyclic) bond motifs is 1. The van der Waals surface area contributed by atoms with Crippen LogP contribution in [0.4, 0.5) is 0 Å². The fourth-order valence-electron chi connectivity index (χ4n) is 1.59. The summed E-state index contributed by atoms with van der Waals surface area (Å²) in [7, 11) is 2.75. The molecule has 2 rings (SSSR count). The number of ether oxygens (including phenoxy) is 1. The van der Waals surface area contributed by atoms with Crippen LogP contribution in [0, 0.1) is 0 Å². The Kier molecular flexibility index (Phi) is 2.52. The van der Waals surface area contributed by atoms with Crippen LogP contribution >= 0.6 is 9.39 Å². The summed E-state index contributed by atoms with van der Waals surface area (Å²) in [6.45, 7) is 3.92. The normalized spacial score (nSPS) is 23.1. The van der Waals surface area contributed by atoms with Gasteiger partial charge in [-0.2, -0.15) is 0 Å². The topological polar surface area (TPSA) is 12.5 Å². The van der Waals surface area contributed by atoms with Gasteiger partial charge in [0.2, 0.25) is 0 Å². The van der Waals surface area contributed by atoms with Gasteiger partial charge in [-0.25, -0.2) is 0 Å². The summed E-state index contributed by atoms with van der Waals surface area (Å²) in [4.78, 5) is 0. The Bertz CT molecular complexity index is 303. The first-order valence-electron chi connectivity index (χ1n) is 4.52. The molecule has 1 aliphatic heterocycles. The van der Waals surface area contributed by atoms with Crippen LogP contribution < -0.4 is 4.74 Å². The second-order valence-electron chi connectivity index (χ2n) is 3.30. The minimum Gasteiger partial charge on any atom is -0.492 e. The van der Waals surface area contributed by atoms with Gasteiger partial charge in [-0.3, -0.25) is 4.67 Å². The zero-order valence-electron chi connectivity index (χ0n) is 7.73. The molecular weight excluding hydrogens is 181 g/mol. The van der Waals surface area contributed by atoms with E-state index in [2.05, 4.69) is 33.1 Å². The molecule has 2 atom stereocenters. The first kappa shape index (κ1) is 8.98. The van der Waals surface area contributed by atoms with Gasteiger partial charge in [0.05, 0.1) is 0 Å². The maximum absolute atomic E-state index is 5.63. The molecule has 0 spiro atoms. The first-order chi connectivity index (χ1) is 6.29. The molecular formula is C10H14NOP. The molecule has 0 aliphatic carbocycles. The fourth-order valence-corrected chi connectivity index (χ4v) is 1.86. The maximum atomic E-state index is 5.63. The van der Waals surface area contributed by atoms with E-state index in [1.54, 1.807) is 0 Å². The lowest BCUT2D eigenvalue weighted by atomic mass is 10.1. The van der Waals surface area contributed by atoms with E-state index in [9.17, 15) is 0 Å². The van der Waals surface area contributed by atoms with E-state index in [0.717, 1.165) is 18.9 Å². The molecule has 1 heterocycles. The molecule has 1 aromatic rings. The summed E-state index contributed by atoms with van der Waals surface area (Å²) in [6.07, 6.45) is 0. The number of para-hydroxylation sites is 1. The van der Waals surface area contributed by atoms with Gasteiger partial charge in [-0.05, 0) is 13.0 Å². The van der Waals surface area contributed by atoms with E-state index in [0.29, 0.717) is 6.04 Å². The number of rotatable bonds is 0. The SMILES string of the molecule is CC1c2ccccc2OCCN1P. The third-order valence-electron chi connectivity index (χ3n) is 2.47. The summed E-state index contributed by atoms with van der Waals surface area (Å²) in [6, 6.07) is 8.66. The smallest absolute Gasteiger partial charge is 0.124 e. The van der Waals surface area contributed by atoms with Crippen LogP contribution in [0.3, 0.4) is 0 Å². The number of nitrogens with zero attached hydrogens (tertiary/aromatic N) is 1. The van der Waals surface area contributed by atoms with Crippen LogP contribution in [0.5, 0.6) is 5.75 Å². The molecule has 1 aromatic carbocycles. The van der Waals surface area contributed by atoms with Crippen molar-refractivity contribution in [2.45, 2.75) is 13.0 Å². The second kappa shape index (κ2) is 3.65. The lowest BCUT2D eigenvalue weighted by Crippen LogP contribution is -2.18. The Balaban J connectivity index is 2.40. The maximum Gasteiger partial charge on any atom is 0.124 e. The van der Waals surface area contributed by atoms with Crippen molar-refractivity contribution in [2.24, 2.45) is 0 Å². The zero-order chi connectivity index (χ0) is 9.26. The largest absolute Gasteiger partial charge is 0.492 e. The number of hydrogen-bond donors (Lipinski definition) is 0. The standard InChI is InChI=1S/C10H14NOP/c1-8-9-4-2-3-5-10(9)12-7-6-11(8)13/h2-5,8H,6-7,13H2,1H3. The minimum atomic E-state index is 0.420. The predicted molar refractivity (Wildman–Crippen MR) is 56.8 cm³/mol. The highest BCUT2D eigenvalue weighted by molar-refractivity contribution is 7.13. The van der Waals surface area contributed by atoms with Crippen LogP contribution in [0.2, 0.25) is 0 Å². The van der Waals surface area contributed by atoms with Crippen LogP contribution in [-0.4, -0.2) is 17.8 Å². The molecule has 0 amide bonds. The van der Waals surface area contributed by atoms with Gasteiger partial charge in [0.15, 0.2) is 0 Å². The Morgan fingerprint density at radius 3 is 3.08 bits per heavy atom. The quantitative estimate of drug-likeness (QED) is 0.588. The van der Waals surface area contributed by atoms with E-state index in [1.165, 1.54) is 5.56 Å². The number of benzene rings is 1. The molecule has 0 bridgehead atoms. The molecule has 2 unspecified atom stereocenters. The van der Waals surface area contributed by atoms with Gasteiger partial charge < -0.3 is 4.74 Å². The Morgan fingerprint density at radius 1 is 1.46 bits per heavy atom. The van der Waals surface area contributed by atoms with Crippen molar-refractivity contribution >= 4 is 9.39 Å². The van der Waals surface area contributed by atoms with Crippen LogP contribution in [-0.2, 0) is 0 Å². The van der Waals surface area contributed by atoms with Crippen molar-refractivity contribution in [3.05, 3.63) is 29.8 Å². The van der Waals surface area contributed by atoms with Gasteiger partial charge in [0, 0.05) is 18.2 Å². The Morgan fingerprint density at radius 2 is 2.23 bits per heavy atom. The second-order valence-corrected chi connectivity index (χ2v) is 3.96. The van der Waals surface area contributed by atoms with Gasteiger partial charge in [-0.1, -0.05) is 27.6 Å². The van der Waals surface area contributed by atoms with Crippen LogP contribution in [0.1, 0.15) is 18.5 Å². The summed E-state index contributed by atoms with van der Waals surface area (Å²) in [5.74, 6) is 1.03. The highest BCUT2D eigenvalue weighted by Crippen LogP contribution is 2.32. The van der Waals surface area contributed by atoms with Gasteiger partial charge in [0.25, 0.3) is 0 Å². The summed E-state index contributed by atoms with van der Waals surface area (Å²) in [5.41, 5.74) is 1.27. The molecule has 0 aromatic heterocycles. The average Bonchev–Trinajstić information content (AvgIpc) is 2.29. The highest BCUT2D eigenvalue weighted by Gasteiger charge is 2.18. The predicted octanol–water partition coefficient (Wildman–Crippen LogP) is 2.23. The van der Waals surface area contributed by atoms with Crippen LogP contribution in [0.15, 0.2) is 24.3 Å². The van der Waals surface area contributed by atoms with Crippen molar-refractivity contribution < 1.29 is 4.74 Å². The molecule has 70 valence electrons. The number of hydrogen-bond acceptors (Lipinski definition) is 2. The van der Waals surface area contributed by atoms with E-state index >= 15 is 0 Å². The highest BCUT2D eigenvalue weighted by atomic mass is 31.0. The molecule has 0 saturated carbocycles. The van der Waals surface area contributed by atoms with Gasteiger partial charge >= 0.3 is 0 Å². The van der Waals surface area contributed by atoms with E-state index in [-0.39, 0.29) is 0 Å². The van der Waals surface area contributed by atoms with Crippen molar-refractivity contribution in [3.8, 4) is 5.75 Å². The molecule has 0 N–H and O–H groups in total. The lowest BCUT2D eigenvalue weighted by Gasteiger charge is -2.20. The minimum absolute atomic E-state index is 0.420. The van der Waals surface area contributed by atoms with Crippen molar-refractivity contribution in [3.63, 3.8) is 0 Å². The van der Waals surface area contributed by atoms with Crippen molar-refractivity contribution in [1.29, 1.82) is 0 Å². The summed E-state index contributed by atoms with van der Waals surface area (Å²) < 4.78 is 7.86. The molecule has 0 radical (unpaired) electrons. The molecule has 13 heavy (non-hydrogen) atoms. The Hall–Kier alpha value is -0.590. The summed E-state index contributed by atoms with van der Waals surface area (Å²) in [5, 5.41) is 0. The van der Waals surface area contributed by atoms with Crippen molar-refractivity contribution in [1.82, 2.24) is 4.67 Å². The van der Waals surface area contributed by atoms with Gasteiger partial charge in [-0.15, -0.1) is 0 Å². The molecule has 3 heteroatoms. The van der Waals surface area contributed by atoms with Gasteiger partial charge in [0.1, 0.15) is 12.4 Å². The Labute approximate surface area is 81.1 Å². The fraction of sp³-hybridized carbons (Fsp3) is 0.400. The third kappa shape index (κ3) is 1.70. The average molecular weight is 195 g/mol. The van der Waals surface area contributed by atoms with E-state index in [1.807, 2.05) is 12.1 Å². The summed E-state index contributed by atoms with van der Waals surface area (Å²) >= 11 is 0. The molecule has 1 aliphatic rings. The first-order valence-corrected chi connectivity index (χ1v) is 5.04. The van der Waals surface area contributed by atoms with Crippen LogP contribution in [0.25, 0.3) is 0 Å².